The molecule has 0 amide bonds. The monoisotopic (exact) mass is 274 g/mol. The van der Waals surface area contributed by atoms with E-state index >= 15 is 0 Å². The van der Waals surface area contributed by atoms with Gasteiger partial charge in [0.1, 0.15) is 0 Å². The van der Waals surface area contributed by atoms with Crippen LogP contribution in [-0.2, 0) is 0 Å². The number of rotatable bonds is 0. The van der Waals surface area contributed by atoms with Crippen LogP contribution < -0.4 is 9.47 Å². The lowest BCUT2D eigenvalue weighted by Crippen LogP contribution is -2.30. The highest BCUT2D eigenvalue weighted by molar-refractivity contribution is 6.33. The number of fused-ring (bicyclic) bond motifs is 1. The minimum atomic E-state index is 0.103. The van der Waals surface area contributed by atoms with Crippen LogP contribution in [0.5, 0.6) is 11.5 Å². The third-order valence-electron chi connectivity index (χ3n) is 3.52. The van der Waals surface area contributed by atoms with Gasteiger partial charge in [-0.25, -0.2) is 0 Å². The lowest BCUT2D eigenvalue weighted by molar-refractivity contribution is 0.110. The molecule has 1 fully saturated rings. The van der Waals surface area contributed by atoms with Crippen LogP contribution >= 0.6 is 23.2 Å². The Labute approximate surface area is 109 Å². The third-order valence-corrected chi connectivity index (χ3v) is 4.01. The molecule has 0 unspecified atom stereocenters. The van der Waals surface area contributed by atoms with Gasteiger partial charge in [0.05, 0.1) is 13.2 Å². The Morgan fingerprint density at radius 3 is 1.82 bits per heavy atom. The maximum absolute atomic E-state index is 5.94. The zero-order valence-electron chi connectivity index (χ0n) is 9.21. The van der Waals surface area contributed by atoms with Crippen LogP contribution in [0.15, 0.2) is 0 Å². The Morgan fingerprint density at radius 2 is 1.35 bits per heavy atom. The first-order valence-corrected chi connectivity index (χ1v) is 6.43. The smallest absolute Gasteiger partial charge is 0.204 e. The van der Waals surface area contributed by atoms with Crippen molar-refractivity contribution in [2.45, 2.75) is 25.7 Å². The summed E-state index contributed by atoms with van der Waals surface area (Å²) in [5, 5.41) is 7.87. The fourth-order valence-electron chi connectivity index (χ4n) is 2.52. The van der Waals surface area contributed by atoms with Crippen molar-refractivity contribution in [2.75, 3.05) is 13.2 Å². The summed E-state index contributed by atoms with van der Waals surface area (Å²) in [7, 11) is 0. The van der Waals surface area contributed by atoms with Crippen LogP contribution in [-0.4, -0.2) is 23.4 Å². The number of aromatic nitrogens is 2. The van der Waals surface area contributed by atoms with Crippen molar-refractivity contribution in [3.8, 4) is 11.5 Å². The highest BCUT2D eigenvalue weighted by atomic mass is 35.5. The average molecular weight is 275 g/mol. The minimum Gasteiger partial charge on any atom is -0.486 e. The topological polar surface area (TPSA) is 44.2 Å². The SMILES string of the molecule is Clc1nnc(Cl)c2c1OCC1(CCCC1)CO2. The van der Waals surface area contributed by atoms with E-state index in [1.807, 2.05) is 0 Å². The van der Waals surface area contributed by atoms with Crippen LogP contribution in [0.1, 0.15) is 25.7 Å². The van der Waals surface area contributed by atoms with Gasteiger partial charge in [-0.05, 0) is 12.8 Å². The van der Waals surface area contributed by atoms with Gasteiger partial charge in [0.15, 0.2) is 10.3 Å². The standard InChI is InChI=1S/C11H12Cl2N2O2/c12-9-7-8(10(13)15-14-9)17-6-11(5-16-7)3-1-2-4-11/h1-6H2. The molecule has 1 spiro atoms. The molecule has 0 radical (unpaired) electrons. The third kappa shape index (κ3) is 1.93. The molecule has 1 aliphatic carbocycles. The van der Waals surface area contributed by atoms with E-state index in [4.69, 9.17) is 32.7 Å². The van der Waals surface area contributed by atoms with E-state index in [0.29, 0.717) is 24.7 Å². The van der Waals surface area contributed by atoms with Gasteiger partial charge < -0.3 is 9.47 Å². The maximum Gasteiger partial charge on any atom is 0.204 e. The number of nitrogens with zero attached hydrogens (tertiary/aromatic N) is 2. The molecule has 17 heavy (non-hydrogen) atoms. The van der Waals surface area contributed by atoms with Crippen molar-refractivity contribution in [2.24, 2.45) is 5.41 Å². The highest BCUT2D eigenvalue weighted by Gasteiger charge is 2.39. The predicted molar refractivity (Wildman–Crippen MR) is 63.9 cm³/mol. The average Bonchev–Trinajstić information content (AvgIpc) is 2.68. The number of halogens is 2. The second kappa shape index (κ2) is 4.18. The van der Waals surface area contributed by atoms with Crippen LogP contribution in [0.3, 0.4) is 0 Å². The predicted octanol–water partition coefficient (Wildman–Crippen LogP) is 3.12. The molecule has 0 aromatic carbocycles. The summed E-state index contributed by atoms with van der Waals surface area (Å²) in [5.74, 6) is 0.853. The van der Waals surface area contributed by atoms with Gasteiger partial charge in [-0.3, -0.25) is 0 Å². The fourth-order valence-corrected chi connectivity index (χ4v) is 2.88. The summed E-state index contributed by atoms with van der Waals surface area (Å²) in [6, 6.07) is 0. The molecule has 2 heterocycles. The van der Waals surface area contributed by atoms with Crippen LogP contribution in [0.4, 0.5) is 0 Å². The zero-order valence-corrected chi connectivity index (χ0v) is 10.7. The molecule has 1 aliphatic heterocycles. The first kappa shape index (κ1) is 11.4. The molecule has 92 valence electrons. The van der Waals surface area contributed by atoms with Gasteiger partial charge in [0.2, 0.25) is 11.5 Å². The summed E-state index contributed by atoms with van der Waals surface area (Å²) >= 11 is 11.9. The first-order valence-electron chi connectivity index (χ1n) is 5.67. The van der Waals surface area contributed by atoms with Gasteiger partial charge in [-0.15, -0.1) is 10.2 Å². The van der Waals surface area contributed by atoms with E-state index < -0.39 is 0 Å². The Morgan fingerprint density at radius 1 is 0.882 bits per heavy atom. The van der Waals surface area contributed by atoms with Gasteiger partial charge in [0, 0.05) is 5.41 Å². The molecule has 4 nitrogen and oxygen atoms in total. The van der Waals surface area contributed by atoms with E-state index in [1.54, 1.807) is 0 Å². The van der Waals surface area contributed by atoms with E-state index in [9.17, 15) is 0 Å². The summed E-state index contributed by atoms with van der Waals surface area (Å²) in [4.78, 5) is 0. The fraction of sp³-hybridized carbons (Fsp3) is 0.636. The number of hydrogen-bond donors (Lipinski definition) is 0. The van der Waals surface area contributed by atoms with Crippen molar-refractivity contribution >= 4 is 23.2 Å². The van der Waals surface area contributed by atoms with Crippen molar-refractivity contribution in [1.82, 2.24) is 10.2 Å². The largest absolute Gasteiger partial charge is 0.486 e. The first-order chi connectivity index (χ1) is 8.20. The highest BCUT2D eigenvalue weighted by Crippen LogP contribution is 2.46. The Hall–Kier alpha value is -0.740. The summed E-state index contributed by atoms with van der Waals surface area (Å²) in [6.45, 7) is 1.23. The molecule has 2 aliphatic rings. The van der Waals surface area contributed by atoms with Crippen molar-refractivity contribution in [3.05, 3.63) is 10.3 Å². The molecule has 1 aromatic rings. The Bertz CT molecular complexity index is 412. The van der Waals surface area contributed by atoms with Crippen LogP contribution in [0, 0.1) is 5.41 Å². The van der Waals surface area contributed by atoms with Crippen LogP contribution in [0.25, 0.3) is 0 Å². The van der Waals surface area contributed by atoms with Crippen LogP contribution in [0.2, 0.25) is 10.3 Å². The second-order valence-corrected chi connectivity index (χ2v) is 5.44. The van der Waals surface area contributed by atoms with Crippen molar-refractivity contribution < 1.29 is 9.47 Å². The molecule has 6 heteroatoms. The summed E-state index contributed by atoms with van der Waals surface area (Å²) in [6.07, 6.45) is 4.69. The van der Waals surface area contributed by atoms with E-state index in [1.165, 1.54) is 12.8 Å². The molecule has 0 atom stereocenters. The van der Waals surface area contributed by atoms with Crippen molar-refractivity contribution in [3.63, 3.8) is 0 Å². The van der Waals surface area contributed by atoms with Gasteiger partial charge in [-0.2, -0.15) is 0 Å². The molecule has 1 aromatic heterocycles. The van der Waals surface area contributed by atoms with Gasteiger partial charge in [-0.1, -0.05) is 36.0 Å². The van der Waals surface area contributed by atoms with E-state index in [2.05, 4.69) is 10.2 Å². The summed E-state index contributed by atoms with van der Waals surface area (Å²) in [5.41, 5.74) is 0.103. The minimum absolute atomic E-state index is 0.103. The molecule has 1 saturated carbocycles. The quantitative estimate of drug-likeness (QED) is 0.729. The van der Waals surface area contributed by atoms with Gasteiger partial charge >= 0.3 is 0 Å². The molecule has 3 rings (SSSR count). The molecule has 0 N–H and O–H groups in total. The number of hydrogen-bond acceptors (Lipinski definition) is 4. The zero-order chi connectivity index (χ0) is 11.9. The molecule has 0 saturated heterocycles. The summed E-state index contributed by atoms with van der Waals surface area (Å²) < 4.78 is 11.5. The normalized spacial score (nSPS) is 21.5. The Balaban J connectivity index is 1.94. The molecular formula is C11H12Cl2N2O2. The second-order valence-electron chi connectivity index (χ2n) is 4.72. The lowest BCUT2D eigenvalue weighted by atomic mass is 9.88. The number of ether oxygens (including phenoxy) is 2. The van der Waals surface area contributed by atoms with Gasteiger partial charge in [0.25, 0.3) is 0 Å². The van der Waals surface area contributed by atoms with E-state index in [0.717, 1.165) is 12.8 Å². The lowest BCUT2D eigenvalue weighted by Gasteiger charge is -2.24. The maximum atomic E-state index is 5.94. The molecular weight excluding hydrogens is 263 g/mol. The van der Waals surface area contributed by atoms with Crippen molar-refractivity contribution in [1.29, 1.82) is 0 Å². The van der Waals surface area contributed by atoms with E-state index in [-0.39, 0.29) is 15.7 Å². The Kier molecular flexibility index (Phi) is 2.79. The molecule has 0 bridgehead atoms.